The molecule has 2 aromatic rings. The molecule has 0 heterocycles. The average Bonchev–Trinajstić information content (AvgIpc) is 2.72. The summed E-state index contributed by atoms with van der Waals surface area (Å²) in [6, 6.07) is 12.6. The molecule has 0 aromatic heterocycles. The normalized spacial score (nSPS) is 13.6. The van der Waals surface area contributed by atoms with Crippen molar-refractivity contribution < 1.29 is 24.0 Å². The highest BCUT2D eigenvalue weighted by Gasteiger charge is 2.48. The minimum Gasteiger partial charge on any atom is -0.465 e. The topological polar surface area (TPSA) is 116 Å². The van der Waals surface area contributed by atoms with E-state index in [9.17, 15) is 24.5 Å². The fourth-order valence-electron chi connectivity index (χ4n) is 2.90. The van der Waals surface area contributed by atoms with Crippen molar-refractivity contribution in [3.63, 3.8) is 0 Å². The maximum atomic E-state index is 12.8. The fourth-order valence-corrected chi connectivity index (χ4v) is 2.90. The number of hydrogen-bond acceptors (Lipinski definition) is 6. The first-order valence-electron chi connectivity index (χ1n) is 9.00. The standard InChI is InChI=1S/C21H22N2O6/c1-4-29-20(26)21(3,14(2)24)18(15-10-12-17(13-11-15)23(27)28)22-19(25)16-8-6-5-7-9-16/h5-13,18H,4H2,1-3H3,(H,22,25). The molecule has 0 aliphatic rings. The van der Waals surface area contributed by atoms with Gasteiger partial charge in [0, 0.05) is 17.7 Å². The summed E-state index contributed by atoms with van der Waals surface area (Å²) < 4.78 is 5.10. The number of rotatable bonds is 8. The number of benzene rings is 2. The number of carbonyl (C=O) groups is 3. The Morgan fingerprint density at radius 3 is 2.17 bits per heavy atom. The lowest BCUT2D eigenvalue weighted by Gasteiger charge is -2.34. The van der Waals surface area contributed by atoms with Crippen LogP contribution < -0.4 is 5.32 Å². The second-order valence-electron chi connectivity index (χ2n) is 6.60. The highest BCUT2D eigenvalue weighted by Crippen LogP contribution is 2.37. The number of nitrogens with one attached hydrogen (secondary N) is 1. The summed E-state index contributed by atoms with van der Waals surface area (Å²) in [5.41, 5.74) is -1.17. The molecule has 0 fully saturated rings. The van der Waals surface area contributed by atoms with Crippen LogP contribution >= 0.6 is 0 Å². The van der Waals surface area contributed by atoms with Gasteiger partial charge in [-0.3, -0.25) is 24.5 Å². The minimum absolute atomic E-state index is 0.0569. The predicted molar refractivity (Wildman–Crippen MR) is 105 cm³/mol. The Bertz CT molecular complexity index is 911. The number of non-ortho nitro benzene ring substituents is 1. The monoisotopic (exact) mass is 398 g/mol. The van der Waals surface area contributed by atoms with Gasteiger partial charge in [0.05, 0.1) is 17.6 Å². The van der Waals surface area contributed by atoms with Gasteiger partial charge in [0.2, 0.25) is 0 Å². The second-order valence-corrected chi connectivity index (χ2v) is 6.60. The number of ether oxygens (including phenoxy) is 1. The van der Waals surface area contributed by atoms with Gasteiger partial charge in [0.1, 0.15) is 11.2 Å². The van der Waals surface area contributed by atoms with Crippen LogP contribution in [0.15, 0.2) is 54.6 Å². The summed E-state index contributed by atoms with van der Waals surface area (Å²) in [5, 5.41) is 13.7. The van der Waals surface area contributed by atoms with Crippen molar-refractivity contribution >= 4 is 23.3 Å². The van der Waals surface area contributed by atoms with Crippen molar-refractivity contribution in [1.82, 2.24) is 5.32 Å². The molecule has 0 saturated carbocycles. The molecule has 0 spiro atoms. The van der Waals surface area contributed by atoms with E-state index in [1.54, 1.807) is 37.3 Å². The predicted octanol–water partition coefficient (Wildman–Crippen LogP) is 3.22. The van der Waals surface area contributed by atoms with Crippen LogP contribution in [0.2, 0.25) is 0 Å². The van der Waals surface area contributed by atoms with Crippen LogP contribution in [-0.4, -0.2) is 29.2 Å². The molecule has 2 atom stereocenters. The third kappa shape index (κ3) is 4.66. The Balaban J connectivity index is 2.54. The van der Waals surface area contributed by atoms with Crippen molar-refractivity contribution in [2.75, 3.05) is 6.61 Å². The molecule has 0 radical (unpaired) electrons. The lowest BCUT2D eigenvalue weighted by molar-refractivity contribution is -0.384. The van der Waals surface area contributed by atoms with Gasteiger partial charge in [-0.2, -0.15) is 0 Å². The number of carbonyl (C=O) groups excluding carboxylic acids is 3. The van der Waals surface area contributed by atoms with Crippen molar-refractivity contribution in [1.29, 1.82) is 0 Å². The molecule has 2 unspecified atom stereocenters. The van der Waals surface area contributed by atoms with Gasteiger partial charge in [-0.05, 0) is 38.5 Å². The summed E-state index contributed by atoms with van der Waals surface area (Å²) in [7, 11) is 0. The Morgan fingerprint density at radius 2 is 1.69 bits per heavy atom. The number of Topliss-reactive ketones (excluding diaryl/α,β-unsaturated/α-hetero) is 1. The molecule has 8 nitrogen and oxygen atoms in total. The van der Waals surface area contributed by atoms with Crippen LogP contribution in [0.4, 0.5) is 5.69 Å². The molecule has 1 N–H and O–H groups in total. The van der Waals surface area contributed by atoms with Crippen LogP contribution in [0.5, 0.6) is 0 Å². The van der Waals surface area contributed by atoms with Crippen LogP contribution in [-0.2, 0) is 14.3 Å². The number of ketones is 1. The highest BCUT2D eigenvalue weighted by atomic mass is 16.6. The summed E-state index contributed by atoms with van der Waals surface area (Å²) in [6.45, 7) is 4.30. The van der Waals surface area contributed by atoms with Crippen LogP contribution in [0, 0.1) is 15.5 Å². The van der Waals surface area contributed by atoms with Crippen molar-refractivity contribution in [2.45, 2.75) is 26.8 Å². The molecule has 0 aliphatic heterocycles. The zero-order valence-electron chi connectivity index (χ0n) is 16.4. The number of hydrogen-bond donors (Lipinski definition) is 1. The summed E-state index contributed by atoms with van der Waals surface area (Å²) in [4.78, 5) is 48.4. The molecule has 0 aliphatic carbocycles. The molecule has 29 heavy (non-hydrogen) atoms. The van der Waals surface area contributed by atoms with E-state index in [0.717, 1.165) is 0 Å². The zero-order valence-corrected chi connectivity index (χ0v) is 16.4. The van der Waals surface area contributed by atoms with E-state index in [2.05, 4.69) is 5.32 Å². The van der Waals surface area contributed by atoms with E-state index in [4.69, 9.17) is 4.74 Å². The SMILES string of the molecule is CCOC(=O)C(C)(C(C)=O)C(NC(=O)c1ccccc1)c1ccc([N+](=O)[O-])cc1. The quantitative estimate of drug-likeness (QED) is 0.316. The van der Waals surface area contributed by atoms with Gasteiger partial charge < -0.3 is 10.1 Å². The van der Waals surface area contributed by atoms with Gasteiger partial charge in [-0.15, -0.1) is 0 Å². The summed E-state index contributed by atoms with van der Waals surface area (Å²) >= 11 is 0. The zero-order chi connectivity index (χ0) is 21.6. The van der Waals surface area contributed by atoms with Crippen LogP contribution in [0.1, 0.15) is 42.7 Å². The third-order valence-electron chi connectivity index (χ3n) is 4.76. The third-order valence-corrected chi connectivity index (χ3v) is 4.76. The number of nitro groups is 1. The van der Waals surface area contributed by atoms with Crippen LogP contribution in [0.25, 0.3) is 0 Å². The lowest BCUT2D eigenvalue weighted by Crippen LogP contribution is -2.49. The van der Waals surface area contributed by atoms with Gasteiger partial charge in [0.15, 0.2) is 0 Å². The Kier molecular flexibility index (Phi) is 6.82. The first-order chi connectivity index (χ1) is 13.7. The second kappa shape index (κ2) is 9.09. The van der Waals surface area contributed by atoms with Gasteiger partial charge in [0.25, 0.3) is 11.6 Å². The molecule has 0 saturated heterocycles. The van der Waals surface area contributed by atoms with Gasteiger partial charge in [-0.1, -0.05) is 30.3 Å². The highest BCUT2D eigenvalue weighted by molar-refractivity contribution is 6.04. The molecule has 152 valence electrons. The number of nitro benzene ring substituents is 1. The van der Waals surface area contributed by atoms with Crippen molar-refractivity contribution in [3.8, 4) is 0 Å². The number of nitrogens with zero attached hydrogens (tertiary/aromatic N) is 1. The first kappa shape index (κ1) is 21.7. The summed E-state index contributed by atoms with van der Waals surface area (Å²) in [5.74, 6) is -1.79. The Hall–Kier alpha value is -3.55. The van der Waals surface area contributed by atoms with E-state index < -0.39 is 34.0 Å². The maximum Gasteiger partial charge on any atom is 0.321 e. The molecular formula is C21H22N2O6. The molecule has 2 aromatic carbocycles. The van der Waals surface area contributed by atoms with E-state index in [1.165, 1.54) is 38.1 Å². The smallest absolute Gasteiger partial charge is 0.321 e. The van der Waals surface area contributed by atoms with Crippen LogP contribution in [0.3, 0.4) is 0 Å². The van der Waals surface area contributed by atoms with E-state index in [0.29, 0.717) is 11.1 Å². The van der Waals surface area contributed by atoms with Crippen molar-refractivity contribution in [2.24, 2.45) is 5.41 Å². The summed E-state index contributed by atoms with van der Waals surface area (Å²) in [6.07, 6.45) is 0. The average molecular weight is 398 g/mol. The van der Waals surface area contributed by atoms with Gasteiger partial charge in [-0.25, -0.2) is 0 Å². The van der Waals surface area contributed by atoms with Gasteiger partial charge >= 0.3 is 5.97 Å². The first-order valence-corrected chi connectivity index (χ1v) is 9.00. The molecule has 1 amide bonds. The largest absolute Gasteiger partial charge is 0.465 e. The van der Waals surface area contributed by atoms with E-state index in [1.807, 2.05) is 0 Å². The minimum atomic E-state index is -1.73. The molecule has 2 rings (SSSR count). The number of amides is 1. The number of esters is 1. The molecule has 8 heteroatoms. The van der Waals surface area contributed by atoms with Crippen molar-refractivity contribution in [3.05, 3.63) is 75.8 Å². The van der Waals surface area contributed by atoms with E-state index in [-0.39, 0.29) is 12.3 Å². The Morgan fingerprint density at radius 1 is 1.10 bits per heavy atom. The fraction of sp³-hybridized carbons (Fsp3) is 0.286. The lowest BCUT2D eigenvalue weighted by atomic mass is 9.75. The van der Waals surface area contributed by atoms with E-state index >= 15 is 0 Å². The molecule has 0 bridgehead atoms. The Labute approximate surface area is 168 Å². The molecular weight excluding hydrogens is 376 g/mol. The maximum absolute atomic E-state index is 12.8.